The Morgan fingerprint density at radius 1 is 1.38 bits per heavy atom. The summed E-state index contributed by atoms with van der Waals surface area (Å²) in [6, 6.07) is 1.41. The largest absolute Gasteiger partial charge is 0.437 e. The van der Waals surface area contributed by atoms with E-state index in [1.54, 1.807) is 0 Å². The van der Waals surface area contributed by atoms with Crippen molar-refractivity contribution in [2.24, 2.45) is 0 Å². The number of hydrogen-bond donors (Lipinski definition) is 0. The molecule has 0 radical (unpaired) electrons. The summed E-state index contributed by atoms with van der Waals surface area (Å²) in [5, 5.41) is 10.2. The Bertz CT molecular complexity index is 434. The maximum Gasteiger partial charge on any atom is 0.339 e. The summed E-state index contributed by atoms with van der Waals surface area (Å²) in [5.41, 5.74) is -0.726. The van der Waals surface area contributed by atoms with E-state index in [1.807, 2.05) is 0 Å². The summed E-state index contributed by atoms with van der Waals surface area (Å²) in [4.78, 5) is 9.68. The molecule has 0 aromatic heterocycles. The van der Waals surface area contributed by atoms with Gasteiger partial charge in [0.15, 0.2) is 0 Å². The number of rotatable bonds is 2. The minimum Gasteiger partial charge on any atom is -0.437 e. The minimum absolute atomic E-state index is 0.363. The first-order chi connectivity index (χ1) is 7.20. The lowest BCUT2D eigenvalue weighted by atomic mass is 10.3. The third-order valence-electron chi connectivity index (χ3n) is 1.40. The monoisotopic (exact) mass is 307 g/mol. The average molecular weight is 309 g/mol. The Morgan fingerprint density at radius 2 is 1.94 bits per heavy atom. The van der Waals surface area contributed by atoms with Crippen molar-refractivity contribution in [2.45, 2.75) is 3.98 Å². The van der Waals surface area contributed by atoms with Crippen LogP contribution < -0.4 is 4.74 Å². The van der Waals surface area contributed by atoms with Crippen LogP contribution in [0.4, 0.5) is 10.1 Å². The molecular weight excluding hydrogens is 307 g/mol. The first-order valence-corrected chi connectivity index (χ1v) is 5.11. The number of nitro benzene ring substituents is 1. The van der Waals surface area contributed by atoms with Gasteiger partial charge in [0.05, 0.1) is 16.0 Å². The second-order valence-electron chi connectivity index (χ2n) is 2.54. The molecule has 0 heterocycles. The predicted octanol–water partition coefficient (Wildman–Crippen LogP) is 4.09. The standard InChI is InChI=1S/C7H2Cl4FNO3/c8-4-1-3(12)2-5(13(14)15)6(4)16-7(9,10)11/h1-2H. The maximum absolute atomic E-state index is 12.9. The molecule has 0 saturated carbocycles. The molecule has 0 unspecified atom stereocenters. The lowest BCUT2D eigenvalue weighted by Crippen LogP contribution is -2.14. The number of alkyl halides is 3. The molecule has 0 N–H and O–H groups in total. The Morgan fingerprint density at radius 3 is 2.38 bits per heavy atom. The van der Waals surface area contributed by atoms with Crippen molar-refractivity contribution in [3.8, 4) is 5.75 Å². The van der Waals surface area contributed by atoms with Gasteiger partial charge in [0, 0.05) is 0 Å². The first kappa shape index (κ1) is 13.6. The molecule has 88 valence electrons. The molecule has 9 heteroatoms. The Hall–Kier alpha value is -0.490. The van der Waals surface area contributed by atoms with Gasteiger partial charge in [-0.3, -0.25) is 10.1 Å². The van der Waals surface area contributed by atoms with Gasteiger partial charge < -0.3 is 4.74 Å². The van der Waals surface area contributed by atoms with Crippen molar-refractivity contribution in [3.05, 3.63) is 33.1 Å². The molecule has 1 aromatic rings. The molecular formula is C7H2Cl4FNO3. The maximum atomic E-state index is 12.9. The van der Waals surface area contributed by atoms with Gasteiger partial charge >= 0.3 is 9.67 Å². The van der Waals surface area contributed by atoms with Crippen molar-refractivity contribution in [2.75, 3.05) is 0 Å². The lowest BCUT2D eigenvalue weighted by molar-refractivity contribution is -0.386. The van der Waals surface area contributed by atoms with E-state index in [2.05, 4.69) is 4.74 Å². The molecule has 0 amide bonds. The van der Waals surface area contributed by atoms with Crippen LogP contribution >= 0.6 is 46.4 Å². The first-order valence-electron chi connectivity index (χ1n) is 3.60. The van der Waals surface area contributed by atoms with Gasteiger partial charge in [-0.25, -0.2) is 4.39 Å². The van der Waals surface area contributed by atoms with Crippen LogP contribution in [0.3, 0.4) is 0 Å². The SMILES string of the molecule is O=[N+]([O-])c1cc(F)cc(Cl)c1OC(Cl)(Cl)Cl. The molecule has 0 saturated heterocycles. The van der Waals surface area contributed by atoms with Crippen LogP contribution in [0.2, 0.25) is 5.02 Å². The Labute approximate surface area is 109 Å². The predicted molar refractivity (Wildman–Crippen MR) is 59.0 cm³/mol. The molecule has 0 aliphatic heterocycles. The number of nitrogens with zero attached hydrogens (tertiary/aromatic N) is 1. The molecule has 0 atom stereocenters. The van der Waals surface area contributed by atoms with Gasteiger partial charge in [0.2, 0.25) is 5.75 Å². The fourth-order valence-corrected chi connectivity index (χ4v) is 1.37. The second kappa shape index (κ2) is 4.79. The lowest BCUT2D eigenvalue weighted by Gasteiger charge is -2.14. The third kappa shape index (κ3) is 3.52. The zero-order valence-corrected chi connectivity index (χ0v) is 10.2. The zero-order valence-electron chi connectivity index (χ0n) is 7.22. The molecule has 4 nitrogen and oxygen atoms in total. The van der Waals surface area contributed by atoms with E-state index in [9.17, 15) is 14.5 Å². The van der Waals surface area contributed by atoms with Crippen LogP contribution in [0.1, 0.15) is 0 Å². The molecule has 0 fully saturated rings. The van der Waals surface area contributed by atoms with E-state index in [-0.39, 0.29) is 5.02 Å². The molecule has 1 aromatic carbocycles. The van der Waals surface area contributed by atoms with Gasteiger partial charge in [-0.05, 0) is 40.9 Å². The molecule has 1 rings (SSSR count). The highest BCUT2D eigenvalue weighted by Gasteiger charge is 2.29. The van der Waals surface area contributed by atoms with Gasteiger partial charge in [-0.15, -0.1) is 0 Å². The second-order valence-corrected chi connectivity index (χ2v) is 5.13. The fourth-order valence-electron chi connectivity index (χ4n) is 0.899. The van der Waals surface area contributed by atoms with Gasteiger partial charge in [0.25, 0.3) is 0 Å². The Balaban J connectivity index is 3.30. The van der Waals surface area contributed by atoms with Crippen molar-refractivity contribution >= 4 is 52.1 Å². The van der Waals surface area contributed by atoms with E-state index in [0.717, 1.165) is 6.07 Å². The van der Waals surface area contributed by atoms with Crippen molar-refractivity contribution in [1.82, 2.24) is 0 Å². The molecule has 0 aliphatic rings. The van der Waals surface area contributed by atoms with Crippen LogP contribution in [0.25, 0.3) is 0 Å². The highest BCUT2D eigenvalue weighted by atomic mass is 35.6. The van der Waals surface area contributed by atoms with Crippen LogP contribution in [0.15, 0.2) is 12.1 Å². The number of hydrogen-bond acceptors (Lipinski definition) is 3. The molecule has 0 spiro atoms. The quantitative estimate of drug-likeness (QED) is 0.469. The summed E-state index contributed by atoms with van der Waals surface area (Å²) < 4.78 is 15.3. The van der Waals surface area contributed by atoms with E-state index in [0.29, 0.717) is 6.07 Å². The highest BCUT2D eigenvalue weighted by molar-refractivity contribution is 6.66. The normalized spacial score (nSPS) is 11.3. The summed E-state index contributed by atoms with van der Waals surface area (Å²) >= 11 is 21.4. The topological polar surface area (TPSA) is 52.4 Å². The number of nitro groups is 1. The van der Waals surface area contributed by atoms with E-state index >= 15 is 0 Å². The highest BCUT2D eigenvalue weighted by Crippen LogP contribution is 2.41. The summed E-state index contributed by atoms with van der Waals surface area (Å²) in [5.74, 6) is -1.40. The number of halogens is 5. The molecule has 0 aliphatic carbocycles. The van der Waals surface area contributed by atoms with Crippen LogP contribution in [-0.2, 0) is 0 Å². The van der Waals surface area contributed by atoms with Crippen molar-refractivity contribution in [3.63, 3.8) is 0 Å². The third-order valence-corrected chi connectivity index (χ3v) is 1.92. The van der Waals surface area contributed by atoms with Gasteiger partial charge in [0.1, 0.15) is 5.82 Å². The fraction of sp³-hybridized carbons (Fsp3) is 0.143. The van der Waals surface area contributed by atoms with Gasteiger partial charge in [-0.2, -0.15) is 0 Å². The number of benzene rings is 1. The smallest absolute Gasteiger partial charge is 0.339 e. The minimum atomic E-state index is -2.23. The average Bonchev–Trinajstić information content (AvgIpc) is 2.07. The molecule has 0 bridgehead atoms. The van der Waals surface area contributed by atoms with E-state index < -0.39 is 26.2 Å². The van der Waals surface area contributed by atoms with E-state index in [1.165, 1.54) is 0 Å². The van der Waals surface area contributed by atoms with Crippen LogP contribution in [0, 0.1) is 15.9 Å². The summed E-state index contributed by atoms with van der Waals surface area (Å²) in [6.45, 7) is 0. The summed E-state index contributed by atoms with van der Waals surface area (Å²) in [6.07, 6.45) is 0. The van der Waals surface area contributed by atoms with Crippen LogP contribution in [-0.4, -0.2) is 8.90 Å². The number of ether oxygens (including phenoxy) is 1. The summed E-state index contributed by atoms with van der Waals surface area (Å²) in [7, 11) is 0. The van der Waals surface area contributed by atoms with E-state index in [4.69, 9.17) is 46.4 Å². The zero-order chi connectivity index (χ0) is 12.5. The van der Waals surface area contributed by atoms with Crippen molar-refractivity contribution < 1.29 is 14.1 Å². The van der Waals surface area contributed by atoms with Crippen LogP contribution in [0.5, 0.6) is 5.75 Å². The van der Waals surface area contributed by atoms with Crippen molar-refractivity contribution in [1.29, 1.82) is 0 Å². The molecule has 16 heavy (non-hydrogen) atoms. The van der Waals surface area contributed by atoms with Gasteiger partial charge in [-0.1, -0.05) is 11.6 Å². The Kier molecular flexibility index (Phi) is 4.07.